The average Bonchev–Trinajstić information content (AvgIpc) is 2.92. The molecule has 104 valence electrons. The monoisotopic (exact) mass is 261 g/mol. The van der Waals surface area contributed by atoms with Gasteiger partial charge in [-0.05, 0) is 30.9 Å². The second-order valence-corrected chi connectivity index (χ2v) is 5.47. The molecule has 0 aliphatic carbocycles. The van der Waals surface area contributed by atoms with Crippen LogP contribution in [0.3, 0.4) is 0 Å². The maximum atomic E-state index is 12.1. The molecule has 4 heteroatoms. The maximum Gasteiger partial charge on any atom is 0.241 e. The highest BCUT2D eigenvalue weighted by atomic mass is 16.2. The fourth-order valence-corrected chi connectivity index (χ4v) is 2.33. The maximum absolute atomic E-state index is 12.1. The van der Waals surface area contributed by atoms with Gasteiger partial charge in [-0.1, -0.05) is 26.0 Å². The van der Waals surface area contributed by atoms with Crippen molar-refractivity contribution >= 4 is 17.3 Å². The van der Waals surface area contributed by atoms with Crippen LogP contribution in [-0.4, -0.2) is 25.0 Å². The molecule has 1 saturated heterocycles. The van der Waals surface area contributed by atoms with Crippen molar-refractivity contribution in [3.63, 3.8) is 0 Å². The molecule has 1 fully saturated rings. The van der Waals surface area contributed by atoms with Crippen LogP contribution in [0.4, 0.5) is 11.4 Å². The van der Waals surface area contributed by atoms with Gasteiger partial charge in [0.15, 0.2) is 0 Å². The number of para-hydroxylation sites is 2. The zero-order valence-electron chi connectivity index (χ0n) is 11.7. The molecule has 1 atom stereocenters. The Balaban J connectivity index is 2.13. The first-order chi connectivity index (χ1) is 9.09. The Bertz CT molecular complexity index is 439. The molecule has 1 unspecified atom stereocenters. The molecule has 1 aromatic carbocycles. The number of anilines is 2. The molecule has 1 aliphatic rings. The van der Waals surface area contributed by atoms with E-state index >= 15 is 0 Å². The summed E-state index contributed by atoms with van der Waals surface area (Å²) in [5.41, 5.74) is 7.85. The summed E-state index contributed by atoms with van der Waals surface area (Å²) in [5, 5.41) is 2.96. The highest BCUT2D eigenvalue weighted by Crippen LogP contribution is 2.28. The van der Waals surface area contributed by atoms with E-state index in [0.717, 1.165) is 24.5 Å². The van der Waals surface area contributed by atoms with Crippen molar-refractivity contribution in [3.8, 4) is 0 Å². The molecule has 1 aliphatic heterocycles. The Morgan fingerprint density at radius 2 is 1.89 bits per heavy atom. The number of nitrogens with two attached hydrogens (primary N) is 1. The van der Waals surface area contributed by atoms with Crippen molar-refractivity contribution in [3.05, 3.63) is 24.3 Å². The number of nitrogens with zero attached hydrogens (tertiary/aromatic N) is 1. The summed E-state index contributed by atoms with van der Waals surface area (Å²) < 4.78 is 0. The van der Waals surface area contributed by atoms with Gasteiger partial charge in [-0.3, -0.25) is 4.79 Å². The second-order valence-electron chi connectivity index (χ2n) is 5.47. The van der Waals surface area contributed by atoms with E-state index in [1.165, 1.54) is 12.8 Å². The normalized spacial score (nSPS) is 16.7. The number of nitrogens with one attached hydrogen (secondary N) is 1. The fraction of sp³-hybridized carbons (Fsp3) is 0.533. The second kappa shape index (κ2) is 6.06. The van der Waals surface area contributed by atoms with Gasteiger partial charge in [-0.25, -0.2) is 0 Å². The summed E-state index contributed by atoms with van der Waals surface area (Å²) in [6, 6.07) is 7.48. The zero-order chi connectivity index (χ0) is 13.8. The van der Waals surface area contributed by atoms with Gasteiger partial charge in [0.25, 0.3) is 0 Å². The summed E-state index contributed by atoms with van der Waals surface area (Å²) in [6.45, 7) is 6.03. The lowest BCUT2D eigenvalue weighted by Gasteiger charge is -2.23. The molecule has 0 radical (unpaired) electrons. The molecule has 1 heterocycles. The first kappa shape index (κ1) is 13.9. The summed E-state index contributed by atoms with van der Waals surface area (Å²) >= 11 is 0. The fourth-order valence-electron chi connectivity index (χ4n) is 2.33. The Hall–Kier alpha value is -1.55. The summed E-state index contributed by atoms with van der Waals surface area (Å²) in [7, 11) is 0. The smallest absolute Gasteiger partial charge is 0.241 e. The van der Waals surface area contributed by atoms with Gasteiger partial charge >= 0.3 is 0 Å². The van der Waals surface area contributed by atoms with Crippen molar-refractivity contribution in [1.82, 2.24) is 0 Å². The largest absolute Gasteiger partial charge is 0.370 e. The quantitative estimate of drug-likeness (QED) is 0.873. The molecule has 1 amide bonds. The van der Waals surface area contributed by atoms with E-state index in [9.17, 15) is 4.79 Å². The lowest BCUT2D eigenvalue weighted by molar-refractivity contribution is -0.118. The average molecular weight is 261 g/mol. The minimum atomic E-state index is -0.466. The van der Waals surface area contributed by atoms with Gasteiger partial charge in [-0.15, -0.1) is 0 Å². The van der Waals surface area contributed by atoms with Gasteiger partial charge in [0, 0.05) is 13.1 Å². The van der Waals surface area contributed by atoms with Crippen molar-refractivity contribution in [2.45, 2.75) is 32.7 Å². The molecule has 0 aromatic heterocycles. The van der Waals surface area contributed by atoms with E-state index in [-0.39, 0.29) is 11.8 Å². The zero-order valence-corrected chi connectivity index (χ0v) is 11.7. The molecular weight excluding hydrogens is 238 g/mol. The van der Waals surface area contributed by atoms with Crippen molar-refractivity contribution < 1.29 is 4.79 Å². The van der Waals surface area contributed by atoms with E-state index < -0.39 is 6.04 Å². The van der Waals surface area contributed by atoms with Crippen LogP contribution in [0.15, 0.2) is 24.3 Å². The summed E-state index contributed by atoms with van der Waals surface area (Å²) in [6.07, 6.45) is 2.43. The molecule has 19 heavy (non-hydrogen) atoms. The van der Waals surface area contributed by atoms with Crippen LogP contribution in [0.5, 0.6) is 0 Å². The van der Waals surface area contributed by atoms with E-state index in [1.807, 2.05) is 32.0 Å². The van der Waals surface area contributed by atoms with Crippen molar-refractivity contribution in [2.75, 3.05) is 23.3 Å². The van der Waals surface area contributed by atoms with Gasteiger partial charge in [0.2, 0.25) is 5.91 Å². The molecule has 0 spiro atoms. The van der Waals surface area contributed by atoms with E-state index in [4.69, 9.17) is 5.73 Å². The predicted octanol–water partition coefficient (Wildman–Crippen LogP) is 2.21. The molecule has 4 nitrogen and oxygen atoms in total. The molecular formula is C15H23N3O. The van der Waals surface area contributed by atoms with E-state index in [0.29, 0.717) is 0 Å². The minimum absolute atomic E-state index is 0.110. The number of hydrogen-bond acceptors (Lipinski definition) is 3. The highest BCUT2D eigenvalue weighted by molar-refractivity contribution is 5.97. The summed E-state index contributed by atoms with van der Waals surface area (Å²) in [4.78, 5) is 14.4. The van der Waals surface area contributed by atoms with E-state index in [1.54, 1.807) is 0 Å². The molecule has 0 bridgehead atoms. The molecule has 3 N–H and O–H groups in total. The van der Waals surface area contributed by atoms with Crippen LogP contribution in [-0.2, 0) is 4.79 Å². The Kier molecular flexibility index (Phi) is 4.43. The standard InChI is InChI=1S/C15H23N3O/c1-11(2)14(16)15(19)17-12-7-3-4-8-13(12)18-9-5-6-10-18/h3-4,7-8,11,14H,5-6,9-10,16H2,1-2H3,(H,17,19). The van der Waals surface area contributed by atoms with E-state index in [2.05, 4.69) is 16.3 Å². The van der Waals surface area contributed by atoms with Crippen LogP contribution in [0.1, 0.15) is 26.7 Å². The predicted molar refractivity (Wildman–Crippen MR) is 79.3 cm³/mol. The summed E-state index contributed by atoms with van der Waals surface area (Å²) in [5.74, 6) is 0.0283. The first-order valence-electron chi connectivity index (χ1n) is 7.00. The number of hydrogen-bond donors (Lipinski definition) is 2. The number of carbonyl (C=O) groups is 1. The van der Waals surface area contributed by atoms with Gasteiger partial charge in [-0.2, -0.15) is 0 Å². The van der Waals surface area contributed by atoms with Crippen molar-refractivity contribution in [2.24, 2.45) is 11.7 Å². The van der Waals surface area contributed by atoms with Crippen LogP contribution >= 0.6 is 0 Å². The van der Waals surface area contributed by atoms with Gasteiger partial charge in [0.05, 0.1) is 17.4 Å². The molecule has 2 rings (SSSR count). The Morgan fingerprint density at radius 1 is 1.26 bits per heavy atom. The van der Waals surface area contributed by atoms with Crippen LogP contribution in [0, 0.1) is 5.92 Å². The molecule has 1 aromatic rings. The highest BCUT2D eigenvalue weighted by Gasteiger charge is 2.20. The third-order valence-electron chi connectivity index (χ3n) is 3.63. The van der Waals surface area contributed by atoms with Crippen LogP contribution in [0.25, 0.3) is 0 Å². The first-order valence-corrected chi connectivity index (χ1v) is 7.00. The Morgan fingerprint density at radius 3 is 2.53 bits per heavy atom. The van der Waals surface area contributed by atoms with Crippen LogP contribution in [0.2, 0.25) is 0 Å². The lowest BCUT2D eigenvalue weighted by Crippen LogP contribution is -2.40. The Labute approximate surface area is 115 Å². The topological polar surface area (TPSA) is 58.4 Å². The number of carbonyl (C=O) groups excluding carboxylic acids is 1. The molecule has 0 saturated carbocycles. The van der Waals surface area contributed by atoms with Gasteiger partial charge < -0.3 is 16.0 Å². The van der Waals surface area contributed by atoms with Gasteiger partial charge in [0.1, 0.15) is 0 Å². The third kappa shape index (κ3) is 3.26. The SMILES string of the molecule is CC(C)C(N)C(=O)Nc1ccccc1N1CCCC1. The number of benzene rings is 1. The van der Waals surface area contributed by atoms with Crippen LogP contribution < -0.4 is 16.0 Å². The lowest BCUT2D eigenvalue weighted by atomic mass is 10.0. The minimum Gasteiger partial charge on any atom is -0.370 e. The van der Waals surface area contributed by atoms with Crippen molar-refractivity contribution in [1.29, 1.82) is 0 Å². The number of rotatable bonds is 4. The number of amides is 1. The third-order valence-corrected chi connectivity index (χ3v) is 3.63.